The minimum atomic E-state index is -0.370. The van der Waals surface area contributed by atoms with Crippen LogP contribution in [0, 0.1) is 0 Å². The topological polar surface area (TPSA) is 79.8 Å². The molecule has 1 atom stereocenters. The van der Waals surface area contributed by atoms with E-state index >= 15 is 0 Å². The van der Waals surface area contributed by atoms with E-state index in [4.69, 9.17) is 4.74 Å². The molecule has 0 heterocycles. The molecule has 0 bridgehead atoms. The van der Waals surface area contributed by atoms with Crippen LogP contribution in [0.5, 0.6) is 5.75 Å². The Kier molecular flexibility index (Phi) is 7.67. The van der Waals surface area contributed by atoms with Crippen LogP contribution in [0.25, 0.3) is 0 Å². The normalized spacial score (nSPS) is 12.4. The lowest BCUT2D eigenvalue weighted by Crippen LogP contribution is -2.33. The molecule has 6 nitrogen and oxygen atoms in total. The van der Waals surface area contributed by atoms with Gasteiger partial charge in [0.25, 0.3) is 5.91 Å². The highest BCUT2D eigenvalue weighted by Gasteiger charge is 2.07. The second kappa shape index (κ2) is 9.55. The standard InChI is InChI=1S/C16H23N3O3/c1-4-12(2)17-15(20)10-13(3)18-19-16(21)11-22-14-8-6-5-7-9-14/h5-9,12H,4,10-11H2,1-3H3,(H,17,20)(H,19,21)/b18-13-/t12-/m1/s1. The predicted molar refractivity (Wildman–Crippen MR) is 85.7 cm³/mol. The Morgan fingerprint density at radius 2 is 1.91 bits per heavy atom. The first-order chi connectivity index (χ1) is 10.5. The number of benzene rings is 1. The van der Waals surface area contributed by atoms with E-state index < -0.39 is 0 Å². The van der Waals surface area contributed by atoms with E-state index in [1.54, 1.807) is 19.1 Å². The number of carbonyl (C=O) groups excluding carboxylic acids is 2. The molecule has 0 fully saturated rings. The molecule has 0 unspecified atom stereocenters. The summed E-state index contributed by atoms with van der Waals surface area (Å²) < 4.78 is 5.29. The van der Waals surface area contributed by atoms with Crippen LogP contribution in [-0.2, 0) is 9.59 Å². The van der Waals surface area contributed by atoms with Gasteiger partial charge in [0.15, 0.2) is 6.61 Å². The van der Waals surface area contributed by atoms with Crippen molar-refractivity contribution in [1.29, 1.82) is 0 Å². The maximum absolute atomic E-state index is 11.6. The molecule has 0 radical (unpaired) electrons. The number of ether oxygens (including phenoxy) is 1. The Morgan fingerprint density at radius 3 is 2.55 bits per heavy atom. The Balaban J connectivity index is 2.30. The van der Waals surface area contributed by atoms with Gasteiger partial charge in [0.2, 0.25) is 5.91 Å². The van der Waals surface area contributed by atoms with Gasteiger partial charge in [0.05, 0.1) is 6.42 Å². The summed E-state index contributed by atoms with van der Waals surface area (Å²) in [5.74, 6) is 0.141. The maximum atomic E-state index is 11.6. The SMILES string of the molecule is CC[C@@H](C)NC(=O)C/C(C)=N\NC(=O)COc1ccccc1. The highest BCUT2D eigenvalue weighted by atomic mass is 16.5. The Morgan fingerprint density at radius 1 is 1.23 bits per heavy atom. The minimum Gasteiger partial charge on any atom is -0.484 e. The fraction of sp³-hybridized carbons (Fsp3) is 0.438. The number of amides is 2. The number of hydrogen-bond acceptors (Lipinski definition) is 4. The lowest BCUT2D eigenvalue weighted by atomic mass is 10.2. The summed E-state index contributed by atoms with van der Waals surface area (Å²) in [6, 6.07) is 9.18. The van der Waals surface area contributed by atoms with Gasteiger partial charge < -0.3 is 10.1 Å². The molecule has 2 amide bonds. The Labute approximate surface area is 130 Å². The molecule has 0 aromatic heterocycles. The number of carbonyl (C=O) groups is 2. The Hall–Kier alpha value is -2.37. The van der Waals surface area contributed by atoms with Crippen molar-refractivity contribution < 1.29 is 14.3 Å². The third kappa shape index (κ3) is 7.42. The molecule has 2 N–H and O–H groups in total. The predicted octanol–water partition coefficient (Wildman–Crippen LogP) is 1.86. The van der Waals surface area contributed by atoms with E-state index in [1.165, 1.54) is 0 Å². The van der Waals surface area contributed by atoms with E-state index in [1.807, 2.05) is 32.0 Å². The molecule has 0 saturated heterocycles. The van der Waals surface area contributed by atoms with E-state index in [-0.39, 0.29) is 30.9 Å². The summed E-state index contributed by atoms with van der Waals surface area (Å²) in [4.78, 5) is 23.2. The van der Waals surface area contributed by atoms with Gasteiger partial charge in [-0.3, -0.25) is 9.59 Å². The summed E-state index contributed by atoms with van der Waals surface area (Å²) in [6.07, 6.45) is 1.03. The van der Waals surface area contributed by atoms with Crippen molar-refractivity contribution in [3.63, 3.8) is 0 Å². The summed E-state index contributed by atoms with van der Waals surface area (Å²) >= 11 is 0. The summed E-state index contributed by atoms with van der Waals surface area (Å²) in [6.45, 7) is 5.50. The fourth-order valence-corrected chi connectivity index (χ4v) is 1.56. The van der Waals surface area contributed by atoms with E-state index in [0.29, 0.717) is 11.5 Å². The van der Waals surface area contributed by atoms with Crippen molar-refractivity contribution in [1.82, 2.24) is 10.7 Å². The van der Waals surface area contributed by atoms with Crippen LogP contribution in [-0.4, -0.2) is 30.2 Å². The van der Waals surface area contributed by atoms with Crippen molar-refractivity contribution in [2.45, 2.75) is 39.7 Å². The minimum absolute atomic E-state index is 0.106. The van der Waals surface area contributed by atoms with Crippen LogP contribution >= 0.6 is 0 Å². The van der Waals surface area contributed by atoms with Crippen LogP contribution in [0.1, 0.15) is 33.6 Å². The van der Waals surface area contributed by atoms with Crippen LogP contribution in [0.15, 0.2) is 35.4 Å². The van der Waals surface area contributed by atoms with Gasteiger partial charge in [-0.25, -0.2) is 5.43 Å². The van der Waals surface area contributed by atoms with Crippen molar-refractivity contribution >= 4 is 17.5 Å². The molecule has 120 valence electrons. The lowest BCUT2D eigenvalue weighted by molar-refractivity contribution is -0.123. The number of nitrogens with zero attached hydrogens (tertiary/aromatic N) is 1. The van der Waals surface area contributed by atoms with E-state index in [0.717, 1.165) is 6.42 Å². The van der Waals surface area contributed by atoms with Gasteiger partial charge in [0.1, 0.15) is 5.75 Å². The van der Waals surface area contributed by atoms with E-state index in [2.05, 4.69) is 15.8 Å². The smallest absolute Gasteiger partial charge is 0.277 e. The second-order valence-electron chi connectivity index (χ2n) is 5.04. The molecule has 0 spiro atoms. The number of hydrogen-bond donors (Lipinski definition) is 2. The average Bonchev–Trinajstić information content (AvgIpc) is 2.51. The van der Waals surface area contributed by atoms with Crippen molar-refractivity contribution in [2.75, 3.05) is 6.61 Å². The van der Waals surface area contributed by atoms with E-state index in [9.17, 15) is 9.59 Å². The van der Waals surface area contributed by atoms with Gasteiger partial charge in [-0.1, -0.05) is 25.1 Å². The molecular weight excluding hydrogens is 282 g/mol. The first-order valence-corrected chi connectivity index (χ1v) is 7.30. The van der Waals surface area contributed by atoms with Gasteiger partial charge in [-0.15, -0.1) is 0 Å². The summed E-state index contributed by atoms with van der Waals surface area (Å²) in [5, 5.41) is 6.72. The Bertz CT molecular complexity index is 515. The number of rotatable bonds is 8. The van der Waals surface area contributed by atoms with Crippen LogP contribution in [0.2, 0.25) is 0 Å². The third-order valence-electron chi connectivity index (χ3n) is 2.92. The van der Waals surface area contributed by atoms with Gasteiger partial charge in [0, 0.05) is 11.8 Å². The zero-order valence-electron chi connectivity index (χ0n) is 13.3. The maximum Gasteiger partial charge on any atom is 0.277 e. The quantitative estimate of drug-likeness (QED) is 0.568. The number of hydrazone groups is 1. The molecule has 1 aromatic rings. The van der Waals surface area contributed by atoms with Crippen molar-refractivity contribution in [3.05, 3.63) is 30.3 Å². The first-order valence-electron chi connectivity index (χ1n) is 7.30. The number of nitrogens with one attached hydrogen (secondary N) is 2. The molecule has 0 saturated carbocycles. The lowest BCUT2D eigenvalue weighted by Gasteiger charge is -2.11. The molecule has 6 heteroatoms. The molecule has 0 aliphatic heterocycles. The molecule has 0 aliphatic rings. The van der Waals surface area contributed by atoms with Crippen molar-refractivity contribution in [2.24, 2.45) is 5.10 Å². The molecule has 22 heavy (non-hydrogen) atoms. The monoisotopic (exact) mass is 305 g/mol. The van der Waals surface area contributed by atoms with Crippen LogP contribution in [0.3, 0.4) is 0 Å². The van der Waals surface area contributed by atoms with Gasteiger partial charge in [-0.05, 0) is 32.4 Å². The molecule has 0 aliphatic carbocycles. The molecule has 1 rings (SSSR count). The fourth-order valence-electron chi connectivity index (χ4n) is 1.56. The zero-order chi connectivity index (χ0) is 16.4. The van der Waals surface area contributed by atoms with Crippen LogP contribution < -0.4 is 15.5 Å². The largest absolute Gasteiger partial charge is 0.484 e. The first kappa shape index (κ1) is 17.7. The third-order valence-corrected chi connectivity index (χ3v) is 2.92. The average molecular weight is 305 g/mol. The van der Waals surface area contributed by atoms with Crippen molar-refractivity contribution in [3.8, 4) is 5.75 Å². The number of para-hydroxylation sites is 1. The second-order valence-corrected chi connectivity index (χ2v) is 5.04. The molecular formula is C16H23N3O3. The highest BCUT2D eigenvalue weighted by molar-refractivity contribution is 6.00. The molecule has 1 aromatic carbocycles. The van der Waals surface area contributed by atoms with Gasteiger partial charge in [-0.2, -0.15) is 5.10 Å². The summed E-state index contributed by atoms with van der Waals surface area (Å²) in [5.41, 5.74) is 2.91. The zero-order valence-corrected chi connectivity index (χ0v) is 13.3. The van der Waals surface area contributed by atoms with Gasteiger partial charge >= 0.3 is 0 Å². The van der Waals surface area contributed by atoms with Crippen LogP contribution in [0.4, 0.5) is 0 Å². The highest BCUT2D eigenvalue weighted by Crippen LogP contribution is 2.07. The summed E-state index contributed by atoms with van der Waals surface area (Å²) in [7, 11) is 0.